The summed E-state index contributed by atoms with van der Waals surface area (Å²) in [7, 11) is 0. The van der Waals surface area contributed by atoms with E-state index in [1.54, 1.807) is 0 Å². The highest BCUT2D eigenvalue weighted by atomic mass is 15.2. The van der Waals surface area contributed by atoms with Gasteiger partial charge in [0.05, 0.1) is 0 Å². The molecule has 2 nitrogen and oxygen atoms in total. The predicted molar refractivity (Wildman–Crippen MR) is 81.1 cm³/mol. The van der Waals surface area contributed by atoms with Gasteiger partial charge in [-0.25, -0.2) is 0 Å². The molecule has 2 heteroatoms. The number of hydrogen-bond donors (Lipinski definition) is 1. The zero-order valence-electron chi connectivity index (χ0n) is 13.0. The quantitative estimate of drug-likeness (QED) is 0.828. The first-order chi connectivity index (χ1) is 9.09. The zero-order valence-corrected chi connectivity index (χ0v) is 13.0. The number of hydrogen-bond acceptors (Lipinski definition) is 2. The normalized spacial score (nSPS) is 38.1. The van der Waals surface area contributed by atoms with Gasteiger partial charge in [-0.2, -0.15) is 0 Å². The van der Waals surface area contributed by atoms with Crippen molar-refractivity contribution in [3.8, 4) is 0 Å². The van der Waals surface area contributed by atoms with E-state index >= 15 is 0 Å². The van der Waals surface area contributed by atoms with Crippen LogP contribution in [0.25, 0.3) is 0 Å². The Bertz CT molecular complexity index is 299. The van der Waals surface area contributed by atoms with E-state index in [0.29, 0.717) is 5.54 Å². The van der Waals surface area contributed by atoms with E-state index in [1.807, 2.05) is 0 Å². The molecule has 0 bridgehead atoms. The summed E-state index contributed by atoms with van der Waals surface area (Å²) in [6.45, 7) is 8.27. The van der Waals surface area contributed by atoms with E-state index in [1.165, 1.54) is 64.5 Å². The summed E-state index contributed by atoms with van der Waals surface area (Å²) in [4.78, 5) is 2.77. The van der Waals surface area contributed by atoms with Crippen molar-refractivity contribution in [2.75, 3.05) is 19.6 Å². The molecule has 2 atom stereocenters. The lowest BCUT2D eigenvalue weighted by Crippen LogP contribution is -2.56. The number of nitrogens with zero attached hydrogens (tertiary/aromatic N) is 1. The average molecular weight is 264 g/mol. The summed E-state index contributed by atoms with van der Waals surface area (Å²) in [5, 5.41) is 0. The molecule has 0 radical (unpaired) electrons. The fourth-order valence-electron chi connectivity index (χ4n) is 5.04. The molecule has 3 fully saturated rings. The van der Waals surface area contributed by atoms with Gasteiger partial charge >= 0.3 is 0 Å². The smallest absolute Gasteiger partial charge is 0.0332 e. The lowest BCUT2D eigenvalue weighted by Gasteiger charge is -2.49. The minimum absolute atomic E-state index is 0.354. The van der Waals surface area contributed by atoms with Gasteiger partial charge in [-0.1, -0.05) is 26.7 Å². The molecule has 1 aliphatic heterocycles. The van der Waals surface area contributed by atoms with E-state index < -0.39 is 0 Å². The summed E-state index contributed by atoms with van der Waals surface area (Å²) in [5.41, 5.74) is 7.34. The molecule has 2 aliphatic carbocycles. The predicted octanol–water partition coefficient (Wildman–Crippen LogP) is 3.41. The summed E-state index contributed by atoms with van der Waals surface area (Å²) >= 11 is 0. The van der Waals surface area contributed by atoms with Crippen molar-refractivity contribution in [3.63, 3.8) is 0 Å². The third-order valence-corrected chi connectivity index (χ3v) is 6.94. The van der Waals surface area contributed by atoms with Gasteiger partial charge in [0, 0.05) is 25.2 Å². The minimum Gasteiger partial charge on any atom is -0.329 e. The highest BCUT2D eigenvalue weighted by Gasteiger charge is 2.47. The van der Waals surface area contributed by atoms with Gasteiger partial charge in [0.1, 0.15) is 0 Å². The molecule has 2 N–H and O–H groups in total. The van der Waals surface area contributed by atoms with Crippen molar-refractivity contribution in [2.45, 2.75) is 70.8 Å². The van der Waals surface area contributed by atoms with Crippen molar-refractivity contribution in [1.82, 2.24) is 4.90 Å². The van der Waals surface area contributed by atoms with Crippen LogP contribution in [0.1, 0.15) is 65.2 Å². The maximum atomic E-state index is 6.25. The SMILES string of the molecule is CC1CN(C2(CN)CCC3(CCCC3)CC2)CC1C. The number of rotatable bonds is 2. The van der Waals surface area contributed by atoms with Crippen LogP contribution in [0.2, 0.25) is 0 Å². The molecule has 2 unspecified atom stereocenters. The monoisotopic (exact) mass is 264 g/mol. The topological polar surface area (TPSA) is 29.3 Å². The Kier molecular flexibility index (Phi) is 3.68. The molecule has 0 amide bonds. The standard InChI is InChI=1S/C17H32N2/c1-14-11-19(12-15(14)2)17(13-18)9-7-16(8-10-17)5-3-4-6-16/h14-15H,3-13,18H2,1-2H3. The van der Waals surface area contributed by atoms with Gasteiger partial charge in [0.25, 0.3) is 0 Å². The Morgan fingerprint density at radius 2 is 1.42 bits per heavy atom. The lowest BCUT2D eigenvalue weighted by atomic mass is 9.66. The molecule has 2 saturated carbocycles. The van der Waals surface area contributed by atoms with E-state index in [4.69, 9.17) is 5.73 Å². The highest BCUT2D eigenvalue weighted by molar-refractivity contribution is 5.03. The maximum absolute atomic E-state index is 6.25. The summed E-state index contributed by atoms with van der Waals surface area (Å²) in [5.74, 6) is 1.71. The molecule has 3 rings (SSSR count). The fourth-order valence-corrected chi connectivity index (χ4v) is 5.04. The van der Waals surface area contributed by atoms with Crippen molar-refractivity contribution in [3.05, 3.63) is 0 Å². The van der Waals surface area contributed by atoms with Gasteiger partial charge < -0.3 is 5.73 Å². The molecule has 0 aromatic heterocycles. The Labute approximate surface area is 119 Å². The van der Waals surface area contributed by atoms with E-state index in [9.17, 15) is 0 Å². The molecule has 1 heterocycles. The van der Waals surface area contributed by atoms with Crippen molar-refractivity contribution in [1.29, 1.82) is 0 Å². The summed E-state index contributed by atoms with van der Waals surface area (Å²) in [6.07, 6.45) is 11.6. The lowest BCUT2D eigenvalue weighted by molar-refractivity contribution is 0.0258. The first-order valence-corrected chi connectivity index (χ1v) is 8.54. The Balaban J connectivity index is 1.68. The van der Waals surface area contributed by atoms with Crippen LogP contribution in [0.4, 0.5) is 0 Å². The Hall–Kier alpha value is -0.0800. The average Bonchev–Trinajstić information content (AvgIpc) is 3.00. The van der Waals surface area contributed by atoms with Crippen LogP contribution in [-0.2, 0) is 0 Å². The first-order valence-electron chi connectivity index (χ1n) is 8.54. The van der Waals surface area contributed by atoms with Crippen LogP contribution in [0.15, 0.2) is 0 Å². The van der Waals surface area contributed by atoms with Crippen LogP contribution in [0, 0.1) is 17.3 Å². The van der Waals surface area contributed by atoms with Gasteiger partial charge in [-0.05, 0) is 55.8 Å². The molecule has 3 aliphatic rings. The zero-order chi connectivity index (χ0) is 13.5. The van der Waals surface area contributed by atoms with E-state index in [0.717, 1.165) is 23.8 Å². The van der Waals surface area contributed by atoms with Gasteiger partial charge in [-0.3, -0.25) is 4.90 Å². The van der Waals surface area contributed by atoms with Crippen molar-refractivity contribution >= 4 is 0 Å². The summed E-state index contributed by atoms with van der Waals surface area (Å²) < 4.78 is 0. The highest BCUT2D eigenvalue weighted by Crippen LogP contribution is 2.52. The summed E-state index contributed by atoms with van der Waals surface area (Å²) in [6, 6.07) is 0. The third-order valence-electron chi connectivity index (χ3n) is 6.94. The maximum Gasteiger partial charge on any atom is 0.0332 e. The fraction of sp³-hybridized carbons (Fsp3) is 1.00. The molecule has 19 heavy (non-hydrogen) atoms. The molecule has 0 aromatic carbocycles. The Morgan fingerprint density at radius 3 is 1.89 bits per heavy atom. The molecule has 1 spiro atoms. The second-order valence-electron chi connectivity index (χ2n) is 8.00. The number of likely N-dealkylation sites (tertiary alicyclic amines) is 1. The largest absolute Gasteiger partial charge is 0.329 e. The first kappa shape index (κ1) is 13.9. The molecule has 0 aromatic rings. The van der Waals surface area contributed by atoms with Gasteiger partial charge in [-0.15, -0.1) is 0 Å². The van der Waals surface area contributed by atoms with E-state index in [-0.39, 0.29) is 0 Å². The Morgan fingerprint density at radius 1 is 0.895 bits per heavy atom. The minimum atomic E-state index is 0.354. The molecular weight excluding hydrogens is 232 g/mol. The molecule has 1 saturated heterocycles. The van der Waals surface area contributed by atoms with Crippen LogP contribution >= 0.6 is 0 Å². The van der Waals surface area contributed by atoms with Crippen LogP contribution in [0.5, 0.6) is 0 Å². The van der Waals surface area contributed by atoms with Crippen molar-refractivity contribution in [2.24, 2.45) is 23.0 Å². The van der Waals surface area contributed by atoms with Gasteiger partial charge in [0.2, 0.25) is 0 Å². The second kappa shape index (κ2) is 5.04. The van der Waals surface area contributed by atoms with Gasteiger partial charge in [0.15, 0.2) is 0 Å². The van der Waals surface area contributed by atoms with Crippen LogP contribution in [0.3, 0.4) is 0 Å². The van der Waals surface area contributed by atoms with Crippen molar-refractivity contribution < 1.29 is 0 Å². The van der Waals surface area contributed by atoms with Crippen LogP contribution in [-0.4, -0.2) is 30.1 Å². The molecule has 110 valence electrons. The molecular formula is C17H32N2. The number of nitrogens with two attached hydrogens (primary N) is 1. The van der Waals surface area contributed by atoms with E-state index in [2.05, 4.69) is 18.7 Å². The third kappa shape index (κ3) is 2.35. The second-order valence-corrected chi connectivity index (χ2v) is 8.00. The van der Waals surface area contributed by atoms with Crippen LogP contribution < -0.4 is 5.73 Å².